The van der Waals surface area contributed by atoms with E-state index in [1.807, 2.05) is 61.5 Å². The number of tetrazole rings is 1. The van der Waals surface area contributed by atoms with Crippen LogP contribution in [0.3, 0.4) is 0 Å². The summed E-state index contributed by atoms with van der Waals surface area (Å²) in [5, 5.41) is 17.3. The van der Waals surface area contributed by atoms with Gasteiger partial charge in [-0.1, -0.05) is 77.9 Å². The summed E-state index contributed by atoms with van der Waals surface area (Å²) in [6.45, 7) is 2.32. The number of nitrogens with one attached hydrogen (secondary N) is 1. The Morgan fingerprint density at radius 3 is 2.63 bits per heavy atom. The molecule has 7 nitrogen and oxygen atoms in total. The monoisotopic (exact) mass is 396 g/mol. The van der Waals surface area contributed by atoms with Gasteiger partial charge in [-0.25, -0.2) is 9.67 Å². The second kappa shape index (κ2) is 7.51. The van der Waals surface area contributed by atoms with Gasteiger partial charge in [-0.05, 0) is 39.2 Å². The molecular weight excluding hydrogens is 376 g/mol. The molecular formula is C23H20N6O. The van der Waals surface area contributed by atoms with E-state index < -0.39 is 5.92 Å². The third-order valence-electron chi connectivity index (χ3n) is 5.52. The van der Waals surface area contributed by atoms with E-state index in [4.69, 9.17) is 0 Å². The summed E-state index contributed by atoms with van der Waals surface area (Å²) >= 11 is 0. The second-order valence-electron chi connectivity index (χ2n) is 7.37. The fourth-order valence-electron chi connectivity index (χ4n) is 4.09. The number of benzene rings is 3. The van der Waals surface area contributed by atoms with Crippen LogP contribution in [0.4, 0.5) is 5.95 Å². The van der Waals surface area contributed by atoms with E-state index in [0.29, 0.717) is 18.2 Å². The van der Waals surface area contributed by atoms with Crippen molar-refractivity contribution in [3.05, 3.63) is 83.9 Å². The predicted molar refractivity (Wildman–Crippen MR) is 114 cm³/mol. The Morgan fingerprint density at radius 1 is 1.00 bits per heavy atom. The summed E-state index contributed by atoms with van der Waals surface area (Å²) in [5.74, 6) is -0.202. The quantitative estimate of drug-likeness (QED) is 0.572. The van der Waals surface area contributed by atoms with Crippen molar-refractivity contribution in [3.63, 3.8) is 0 Å². The zero-order chi connectivity index (χ0) is 20.5. The molecule has 0 fully saturated rings. The molecule has 0 aliphatic carbocycles. The first-order valence-corrected chi connectivity index (χ1v) is 9.85. The minimum atomic E-state index is -0.518. The van der Waals surface area contributed by atoms with Crippen LogP contribution < -0.4 is 5.32 Å². The molecule has 30 heavy (non-hydrogen) atoms. The lowest BCUT2D eigenvalue weighted by atomic mass is 9.85. The van der Waals surface area contributed by atoms with Crippen molar-refractivity contribution in [1.82, 2.24) is 25.5 Å². The number of aromatic nitrogens is 4. The summed E-state index contributed by atoms with van der Waals surface area (Å²) < 4.78 is 1.65. The van der Waals surface area contributed by atoms with Crippen LogP contribution in [0.25, 0.3) is 10.8 Å². The van der Waals surface area contributed by atoms with E-state index in [-0.39, 0.29) is 11.9 Å². The molecule has 4 aromatic rings. The zero-order valence-corrected chi connectivity index (χ0v) is 16.4. The Bertz CT molecular complexity index is 1240. The SMILES string of the molecule is CC1=Nc2nnnn2C(c2cccc3ccccc23)C1C(=O)NCc1ccccc1. The van der Waals surface area contributed by atoms with E-state index in [9.17, 15) is 4.79 Å². The third-order valence-corrected chi connectivity index (χ3v) is 5.52. The van der Waals surface area contributed by atoms with Crippen molar-refractivity contribution in [2.45, 2.75) is 19.5 Å². The number of hydrogen-bond acceptors (Lipinski definition) is 5. The van der Waals surface area contributed by atoms with Gasteiger partial charge in [0.15, 0.2) is 0 Å². The Labute approximate surface area is 173 Å². The predicted octanol–water partition coefficient (Wildman–Crippen LogP) is 3.45. The molecule has 1 aliphatic rings. The molecule has 148 valence electrons. The van der Waals surface area contributed by atoms with E-state index in [1.54, 1.807) is 4.68 Å². The lowest BCUT2D eigenvalue weighted by Crippen LogP contribution is -2.42. The average Bonchev–Trinajstić information content (AvgIpc) is 3.25. The number of hydrogen-bond donors (Lipinski definition) is 1. The molecule has 0 spiro atoms. The Hall–Kier alpha value is -3.87. The minimum absolute atomic E-state index is 0.0980. The fourth-order valence-corrected chi connectivity index (χ4v) is 4.09. The van der Waals surface area contributed by atoms with Gasteiger partial charge in [-0.15, -0.1) is 0 Å². The van der Waals surface area contributed by atoms with Gasteiger partial charge >= 0.3 is 0 Å². The largest absolute Gasteiger partial charge is 0.351 e. The molecule has 0 saturated heterocycles. The molecule has 1 amide bonds. The van der Waals surface area contributed by atoms with Crippen LogP contribution in [0.5, 0.6) is 0 Å². The number of carbonyl (C=O) groups excluding carboxylic acids is 1. The number of rotatable bonds is 4. The molecule has 0 bridgehead atoms. The molecule has 1 aromatic heterocycles. The smallest absolute Gasteiger partial charge is 0.269 e. The van der Waals surface area contributed by atoms with Crippen LogP contribution in [-0.2, 0) is 11.3 Å². The average molecular weight is 396 g/mol. The Kier molecular flexibility index (Phi) is 4.55. The molecule has 1 aliphatic heterocycles. The summed E-state index contributed by atoms with van der Waals surface area (Å²) in [4.78, 5) is 17.9. The van der Waals surface area contributed by atoms with Gasteiger partial charge in [-0.2, -0.15) is 0 Å². The third kappa shape index (κ3) is 3.14. The van der Waals surface area contributed by atoms with Crippen molar-refractivity contribution >= 4 is 28.3 Å². The summed E-state index contributed by atoms with van der Waals surface area (Å²) in [7, 11) is 0. The summed E-state index contributed by atoms with van der Waals surface area (Å²) in [6, 6.07) is 23.7. The molecule has 0 radical (unpaired) electrons. The molecule has 2 atom stereocenters. The normalized spacial score (nSPS) is 18.0. The number of carbonyl (C=O) groups is 1. The number of fused-ring (bicyclic) bond motifs is 2. The van der Waals surface area contributed by atoms with Gasteiger partial charge in [0, 0.05) is 12.3 Å². The van der Waals surface area contributed by atoms with Crippen LogP contribution >= 0.6 is 0 Å². The fraction of sp³-hybridized carbons (Fsp3) is 0.174. The minimum Gasteiger partial charge on any atom is -0.351 e. The number of amides is 1. The molecule has 7 heteroatoms. The van der Waals surface area contributed by atoms with Gasteiger partial charge in [0.25, 0.3) is 5.95 Å². The van der Waals surface area contributed by atoms with Crippen molar-refractivity contribution < 1.29 is 4.79 Å². The van der Waals surface area contributed by atoms with E-state index in [0.717, 1.165) is 21.9 Å². The van der Waals surface area contributed by atoms with E-state index in [1.165, 1.54) is 0 Å². The lowest BCUT2D eigenvalue weighted by Gasteiger charge is -2.30. The van der Waals surface area contributed by atoms with Gasteiger partial charge in [0.2, 0.25) is 5.91 Å². The van der Waals surface area contributed by atoms with Crippen LogP contribution in [0.1, 0.15) is 24.1 Å². The molecule has 5 rings (SSSR count). The zero-order valence-electron chi connectivity index (χ0n) is 16.4. The van der Waals surface area contributed by atoms with Gasteiger partial charge < -0.3 is 5.32 Å². The standard InChI is InChI=1S/C23H20N6O/c1-15-20(22(30)24-14-16-8-3-2-4-9-16)21(29-23(25-15)26-27-28-29)19-13-7-11-17-10-5-6-12-18(17)19/h2-13,20-21H,14H2,1H3,(H,24,30). The maximum Gasteiger partial charge on any atom is 0.269 e. The van der Waals surface area contributed by atoms with Gasteiger partial charge in [0.1, 0.15) is 12.0 Å². The molecule has 3 aromatic carbocycles. The molecule has 0 saturated carbocycles. The van der Waals surface area contributed by atoms with Crippen LogP contribution in [0.15, 0.2) is 77.8 Å². The van der Waals surface area contributed by atoms with Gasteiger partial charge in [0.05, 0.1) is 0 Å². The highest BCUT2D eigenvalue weighted by Gasteiger charge is 2.39. The van der Waals surface area contributed by atoms with Crippen LogP contribution in [0.2, 0.25) is 0 Å². The maximum atomic E-state index is 13.4. The Balaban J connectivity index is 1.57. The highest BCUT2D eigenvalue weighted by molar-refractivity contribution is 6.06. The second-order valence-corrected chi connectivity index (χ2v) is 7.37. The van der Waals surface area contributed by atoms with Crippen molar-refractivity contribution in [3.8, 4) is 0 Å². The van der Waals surface area contributed by atoms with Crippen molar-refractivity contribution in [1.29, 1.82) is 0 Å². The Morgan fingerprint density at radius 2 is 1.77 bits per heavy atom. The first-order valence-electron chi connectivity index (χ1n) is 9.85. The molecule has 2 heterocycles. The molecule has 1 N–H and O–H groups in total. The lowest BCUT2D eigenvalue weighted by molar-refractivity contribution is -0.124. The number of nitrogens with zero attached hydrogens (tertiary/aromatic N) is 5. The maximum absolute atomic E-state index is 13.4. The van der Waals surface area contributed by atoms with Crippen molar-refractivity contribution in [2.24, 2.45) is 10.9 Å². The number of aliphatic imine (C=N–C) groups is 1. The summed E-state index contributed by atoms with van der Waals surface area (Å²) in [6.07, 6.45) is 0. The van der Waals surface area contributed by atoms with E-state index in [2.05, 4.69) is 44.0 Å². The highest BCUT2D eigenvalue weighted by atomic mass is 16.2. The van der Waals surface area contributed by atoms with Crippen LogP contribution in [0, 0.1) is 5.92 Å². The molecule has 2 unspecified atom stereocenters. The van der Waals surface area contributed by atoms with Gasteiger partial charge in [-0.3, -0.25) is 4.79 Å². The van der Waals surface area contributed by atoms with Crippen LogP contribution in [-0.4, -0.2) is 31.8 Å². The highest BCUT2D eigenvalue weighted by Crippen LogP contribution is 2.37. The first-order chi connectivity index (χ1) is 14.7. The van der Waals surface area contributed by atoms with E-state index >= 15 is 0 Å². The summed E-state index contributed by atoms with van der Waals surface area (Å²) in [5.41, 5.74) is 2.73. The first kappa shape index (κ1) is 18.2. The topological polar surface area (TPSA) is 85.1 Å². The van der Waals surface area contributed by atoms with Crippen molar-refractivity contribution in [2.75, 3.05) is 0 Å².